The van der Waals surface area contributed by atoms with Gasteiger partial charge in [0.05, 0.1) is 21.6 Å². The molecule has 0 aliphatic carbocycles. The van der Waals surface area contributed by atoms with E-state index in [0.29, 0.717) is 21.5 Å². The second-order valence-electron chi connectivity index (χ2n) is 5.55. The summed E-state index contributed by atoms with van der Waals surface area (Å²) in [7, 11) is 0. The van der Waals surface area contributed by atoms with Crippen molar-refractivity contribution < 1.29 is 9.18 Å². The van der Waals surface area contributed by atoms with Gasteiger partial charge in [-0.25, -0.2) is 9.37 Å². The van der Waals surface area contributed by atoms with Gasteiger partial charge in [0.1, 0.15) is 11.5 Å². The predicted molar refractivity (Wildman–Crippen MR) is 100 cm³/mol. The molecule has 0 unspecified atom stereocenters. The normalized spacial score (nSPS) is 10.8. The van der Waals surface area contributed by atoms with Crippen LogP contribution in [0, 0.1) is 5.82 Å². The minimum absolute atomic E-state index is 0.116. The highest BCUT2D eigenvalue weighted by Crippen LogP contribution is 2.27. The molecule has 4 aromatic rings. The van der Waals surface area contributed by atoms with Gasteiger partial charge in [-0.3, -0.25) is 9.59 Å². The highest BCUT2D eigenvalue weighted by atomic mass is 32.1. The summed E-state index contributed by atoms with van der Waals surface area (Å²) in [5.41, 5.74) is 1.45. The molecule has 2 aromatic carbocycles. The second kappa shape index (κ2) is 6.53. The molecule has 0 radical (unpaired) electrons. The van der Waals surface area contributed by atoms with Crippen LogP contribution in [0.25, 0.3) is 22.3 Å². The van der Waals surface area contributed by atoms with E-state index in [4.69, 9.17) is 0 Å². The Morgan fingerprint density at radius 1 is 1.12 bits per heavy atom. The fraction of sp³-hybridized carbons (Fsp3) is 0. The lowest BCUT2D eigenvalue weighted by Gasteiger charge is -2.10. The first-order valence-corrected chi connectivity index (χ1v) is 8.63. The molecular weight excluding hydrogens is 353 g/mol. The third-order valence-corrected chi connectivity index (χ3v) is 4.70. The third kappa shape index (κ3) is 3.00. The van der Waals surface area contributed by atoms with Gasteiger partial charge in [0.25, 0.3) is 11.5 Å². The van der Waals surface area contributed by atoms with Gasteiger partial charge in [-0.1, -0.05) is 18.2 Å². The molecule has 2 N–H and O–H groups in total. The number of carbonyl (C=O) groups excluding carboxylic acids is 1. The first-order chi connectivity index (χ1) is 12.6. The van der Waals surface area contributed by atoms with Crippen LogP contribution in [0.3, 0.4) is 0 Å². The van der Waals surface area contributed by atoms with E-state index in [-0.39, 0.29) is 17.3 Å². The lowest BCUT2D eigenvalue weighted by atomic mass is 10.1. The van der Waals surface area contributed by atoms with Crippen LogP contribution in [0.1, 0.15) is 9.67 Å². The van der Waals surface area contributed by atoms with Gasteiger partial charge in [-0.2, -0.15) is 0 Å². The number of halogens is 1. The van der Waals surface area contributed by atoms with Gasteiger partial charge in [0.15, 0.2) is 0 Å². The standard InChI is InChI=1S/C19H12FN3O2S/c20-11-7-8-12(15(10-11)23-18(24)16-6-3-9-26-16)17-19(25)22-14-5-2-1-4-13(14)21-17/h1-10H,(H,22,25)(H,23,24). The van der Waals surface area contributed by atoms with Crippen LogP contribution >= 0.6 is 11.3 Å². The maximum Gasteiger partial charge on any atom is 0.275 e. The Morgan fingerprint density at radius 3 is 2.77 bits per heavy atom. The summed E-state index contributed by atoms with van der Waals surface area (Å²) in [6.45, 7) is 0. The quantitative estimate of drug-likeness (QED) is 0.575. The molecule has 0 bridgehead atoms. The van der Waals surface area contributed by atoms with Crippen molar-refractivity contribution >= 4 is 34.0 Å². The minimum Gasteiger partial charge on any atom is -0.321 e. The zero-order chi connectivity index (χ0) is 18.1. The number of benzene rings is 2. The van der Waals surface area contributed by atoms with Crippen molar-refractivity contribution in [2.45, 2.75) is 0 Å². The van der Waals surface area contributed by atoms with E-state index in [1.807, 2.05) is 6.07 Å². The van der Waals surface area contributed by atoms with Crippen LogP contribution in [-0.4, -0.2) is 15.9 Å². The summed E-state index contributed by atoms with van der Waals surface area (Å²) in [5, 5.41) is 4.44. The minimum atomic E-state index is -0.521. The summed E-state index contributed by atoms with van der Waals surface area (Å²) < 4.78 is 13.8. The highest BCUT2D eigenvalue weighted by molar-refractivity contribution is 7.12. The topological polar surface area (TPSA) is 74.8 Å². The maximum absolute atomic E-state index is 13.8. The molecular formula is C19H12FN3O2S. The molecule has 0 saturated heterocycles. The van der Waals surface area contributed by atoms with Crippen molar-refractivity contribution in [3.05, 3.63) is 81.0 Å². The lowest BCUT2D eigenvalue weighted by Crippen LogP contribution is -2.15. The molecule has 0 spiro atoms. The number of nitrogens with one attached hydrogen (secondary N) is 2. The monoisotopic (exact) mass is 365 g/mol. The van der Waals surface area contributed by atoms with Gasteiger partial charge in [-0.05, 0) is 41.8 Å². The lowest BCUT2D eigenvalue weighted by molar-refractivity contribution is 0.103. The average molecular weight is 365 g/mol. The Balaban J connectivity index is 1.83. The Labute approximate surface area is 151 Å². The predicted octanol–water partition coefficient (Wildman–Crippen LogP) is 4.04. The van der Waals surface area contributed by atoms with E-state index >= 15 is 0 Å². The number of nitrogens with zero attached hydrogens (tertiary/aromatic N) is 1. The summed E-state index contributed by atoms with van der Waals surface area (Å²) in [6.07, 6.45) is 0. The SMILES string of the molecule is O=C(Nc1cc(F)ccc1-c1nc2ccccc2[nH]c1=O)c1cccs1. The maximum atomic E-state index is 13.8. The van der Waals surface area contributed by atoms with Crippen LogP contribution in [0.15, 0.2) is 64.8 Å². The first-order valence-electron chi connectivity index (χ1n) is 7.75. The summed E-state index contributed by atoms with van der Waals surface area (Å²) in [4.78, 5) is 32.4. The number of anilines is 1. The van der Waals surface area contributed by atoms with Crippen LogP contribution in [0.2, 0.25) is 0 Å². The molecule has 1 amide bonds. The van der Waals surface area contributed by atoms with Gasteiger partial charge in [-0.15, -0.1) is 11.3 Å². The van der Waals surface area contributed by atoms with Crippen molar-refractivity contribution in [1.29, 1.82) is 0 Å². The average Bonchev–Trinajstić information content (AvgIpc) is 3.16. The Kier molecular flexibility index (Phi) is 4.06. The van der Waals surface area contributed by atoms with Crippen LogP contribution in [0.5, 0.6) is 0 Å². The number of hydrogen-bond acceptors (Lipinski definition) is 4. The number of aromatic amines is 1. The van der Waals surface area contributed by atoms with E-state index in [1.165, 1.54) is 29.5 Å². The highest BCUT2D eigenvalue weighted by Gasteiger charge is 2.16. The molecule has 26 heavy (non-hydrogen) atoms. The van der Waals surface area contributed by atoms with Gasteiger partial charge >= 0.3 is 0 Å². The molecule has 4 rings (SSSR count). The Morgan fingerprint density at radius 2 is 1.96 bits per heavy atom. The van der Waals surface area contributed by atoms with E-state index in [9.17, 15) is 14.0 Å². The molecule has 2 aromatic heterocycles. The number of aromatic nitrogens is 2. The summed E-state index contributed by atoms with van der Waals surface area (Å²) >= 11 is 1.27. The fourth-order valence-electron chi connectivity index (χ4n) is 2.63. The molecule has 0 aliphatic rings. The fourth-order valence-corrected chi connectivity index (χ4v) is 3.25. The molecule has 0 atom stereocenters. The molecule has 5 nitrogen and oxygen atoms in total. The molecule has 0 saturated carbocycles. The van der Waals surface area contributed by atoms with E-state index in [1.54, 1.807) is 35.7 Å². The summed E-state index contributed by atoms with van der Waals surface area (Å²) in [5.74, 6) is -0.892. The van der Waals surface area contributed by atoms with Gasteiger partial charge in [0, 0.05) is 5.56 Å². The number of amides is 1. The van der Waals surface area contributed by atoms with Gasteiger partial charge < -0.3 is 10.3 Å². The zero-order valence-electron chi connectivity index (χ0n) is 13.3. The van der Waals surface area contributed by atoms with E-state index in [0.717, 1.165) is 0 Å². The number of rotatable bonds is 3. The Hall–Kier alpha value is -3.32. The van der Waals surface area contributed by atoms with Crippen molar-refractivity contribution in [3.8, 4) is 11.3 Å². The molecule has 2 heterocycles. The van der Waals surface area contributed by atoms with Crippen molar-refractivity contribution in [2.24, 2.45) is 0 Å². The second-order valence-corrected chi connectivity index (χ2v) is 6.50. The van der Waals surface area contributed by atoms with Crippen LogP contribution in [-0.2, 0) is 0 Å². The molecule has 7 heteroatoms. The van der Waals surface area contributed by atoms with Crippen molar-refractivity contribution in [2.75, 3.05) is 5.32 Å². The van der Waals surface area contributed by atoms with Gasteiger partial charge in [0.2, 0.25) is 0 Å². The smallest absolute Gasteiger partial charge is 0.275 e. The molecule has 128 valence electrons. The first kappa shape index (κ1) is 16.2. The summed E-state index contributed by atoms with van der Waals surface area (Å²) in [6, 6.07) is 14.4. The molecule has 0 aliphatic heterocycles. The van der Waals surface area contributed by atoms with Crippen LogP contribution in [0.4, 0.5) is 10.1 Å². The largest absolute Gasteiger partial charge is 0.321 e. The number of carbonyl (C=O) groups is 1. The number of para-hydroxylation sites is 2. The van der Waals surface area contributed by atoms with E-state index in [2.05, 4.69) is 15.3 Å². The van der Waals surface area contributed by atoms with Crippen molar-refractivity contribution in [1.82, 2.24) is 9.97 Å². The third-order valence-electron chi connectivity index (χ3n) is 3.83. The van der Waals surface area contributed by atoms with Crippen LogP contribution < -0.4 is 10.9 Å². The number of fused-ring (bicyclic) bond motifs is 1. The number of thiophene rings is 1. The number of hydrogen-bond donors (Lipinski definition) is 2. The number of H-pyrrole nitrogens is 1. The van der Waals surface area contributed by atoms with Crippen molar-refractivity contribution in [3.63, 3.8) is 0 Å². The molecule has 0 fully saturated rings. The Bertz CT molecular complexity index is 1170. The van der Waals surface area contributed by atoms with E-state index < -0.39 is 11.4 Å². The zero-order valence-corrected chi connectivity index (χ0v) is 14.1.